The van der Waals surface area contributed by atoms with Gasteiger partial charge in [0.1, 0.15) is 5.60 Å². The van der Waals surface area contributed by atoms with Gasteiger partial charge in [-0.15, -0.1) is 0 Å². The van der Waals surface area contributed by atoms with Crippen LogP contribution in [-0.2, 0) is 24.4 Å². The lowest BCUT2D eigenvalue weighted by Crippen LogP contribution is -2.50. The zero-order valence-corrected chi connectivity index (χ0v) is 16.1. The summed E-state index contributed by atoms with van der Waals surface area (Å²) in [6, 6.07) is 10.5. The van der Waals surface area contributed by atoms with Gasteiger partial charge in [-0.3, -0.25) is 0 Å². The van der Waals surface area contributed by atoms with Crippen molar-refractivity contribution < 1.29 is 18.8 Å². The Hall–Kier alpha value is -1.59. The van der Waals surface area contributed by atoms with Crippen molar-refractivity contribution >= 4 is 13.1 Å². The highest BCUT2D eigenvalue weighted by molar-refractivity contribution is 6.47. The van der Waals surface area contributed by atoms with E-state index in [1.807, 2.05) is 6.07 Å². The summed E-state index contributed by atoms with van der Waals surface area (Å²) in [5.41, 5.74) is 1.17. The molecular weight excluding hydrogens is 327 g/mol. The summed E-state index contributed by atoms with van der Waals surface area (Å²) >= 11 is 0. The fourth-order valence-corrected chi connectivity index (χ4v) is 5.87. The molecule has 2 bridgehead atoms. The first-order chi connectivity index (χ1) is 12.3. The Morgan fingerprint density at radius 3 is 2.65 bits per heavy atom. The van der Waals surface area contributed by atoms with E-state index >= 15 is 0 Å². The Balaban J connectivity index is 1.74. The van der Waals surface area contributed by atoms with Crippen LogP contribution in [-0.4, -0.2) is 26.3 Å². The zero-order chi connectivity index (χ0) is 18.7. The Kier molecular flexibility index (Phi) is 3.91. The molecule has 0 N–H and O–H groups in total. The summed E-state index contributed by atoms with van der Waals surface area (Å²) in [5, 5.41) is 0. The third-order valence-corrected chi connectivity index (χ3v) is 7.60. The van der Waals surface area contributed by atoms with Crippen molar-refractivity contribution in [3.63, 3.8) is 0 Å². The van der Waals surface area contributed by atoms with Crippen molar-refractivity contribution in [2.45, 2.75) is 51.6 Å². The first kappa shape index (κ1) is 17.8. The number of methoxy groups -OCH3 is 1. The zero-order valence-electron chi connectivity index (χ0n) is 16.1. The van der Waals surface area contributed by atoms with E-state index in [-0.39, 0.29) is 16.9 Å². The average molecular weight is 354 g/mol. The molecule has 1 aromatic rings. The monoisotopic (exact) mass is 354 g/mol. The molecule has 0 radical (unpaired) electrons. The predicted octanol–water partition coefficient (Wildman–Crippen LogP) is 3.97. The maximum atomic E-state index is 11.8. The van der Waals surface area contributed by atoms with Gasteiger partial charge in [0, 0.05) is 17.3 Å². The van der Waals surface area contributed by atoms with Crippen molar-refractivity contribution in [3.8, 4) is 0 Å². The van der Waals surface area contributed by atoms with E-state index in [1.165, 1.54) is 12.7 Å². The molecule has 0 aromatic heterocycles. The minimum atomic E-state index is -0.484. The van der Waals surface area contributed by atoms with Gasteiger partial charge in [0.05, 0.1) is 13.2 Å². The van der Waals surface area contributed by atoms with Crippen LogP contribution in [0.2, 0.25) is 6.32 Å². The van der Waals surface area contributed by atoms with Crippen molar-refractivity contribution in [3.05, 3.63) is 48.0 Å². The fraction of sp³-hybridized carbons (Fsp3) is 0.571. The number of ether oxygens (including phenoxy) is 1. The van der Waals surface area contributed by atoms with Crippen LogP contribution in [0.15, 0.2) is 42.5 Å². The molecule has 2 saturated carbocycles. The number of esters is 1. The van der Waals surface area contributed by atoms with E-state index < -0.39 is 18.7 Å². The Morgan fingerprint density at radius 1 is 1.31 bits per heavy atom. The number of fused-ring (bicyclic) bond motifs is 5. The highest BCUT2D eigenvalue weighted by atomic mass is 16.7. The number of hydrogen-bond donors (Lipinski definition) is 0. The molecule has 4 nitrogen and oxygen atoms in total. The van der Waals surface area contributed by atoms with Gasteiger partial charge in [0.2, 0.25) is 0 Å². The highest BCUT2D eigenvalue weighted by Gasteiger charge is 2.78. The molecule has 2 aliphatic carbocycles. The number of hydrogen-bond acceptors (Lipinski definition) is 4. The van der Waals surface area contributed by atoms with Gasteiger partial charge in [-0.05, 0) is 29.7 Å². The lowest BCUT2D eigenvalue weighted by Gasteiger charge is -2.48. The normalized spacial score (nSPS) is 36.8. The first-order valence-electron chi connectivity index (χ1n) is 9.43. The van der Waals surface area contributed by atoms with E-state index in [1.54, 1.807) is 0 Å². The maximum absolute atomic E-state index is 11.8. The van der Waals surface area contributed by atoms with Crippen molar-refractivity contribution in [1.29, 1.82) is 0 Å². The molecule has 0 amide bonds. The second kappa shape index (κ2) is 5.70. The summed E-state index contributed by atoms with van der Waals surface area (Å²) in [6.07, 6.45) is 2.59. The second-order valence-corrected chi connectivity index (χ2v) is 8.70. The second-order valence-electron chi connectivity index (χ2n) is 8.70. The summed E-state index contributed by atoms with van der Waals surface area (Å²) < 4.78 is 17.9. The third-order valence-electron chi connectivity index (χ3n) is 7.60. The molecule has 5 heteroatoms. The van der Waals surface area contributed by atoms with Crippen LogP contribution in [0.25, 0.3) is 0 Å². The lowest BCUT2D eigenvalue weighted by atomic mass is 9.61. The van der Waals surface area contributed by atoms with Gasteiger partial charge in [-0.1, -0.05) is 57.7 Å². The number of benzene rings is 1. The van der Waals surface area contributed by atoms with Crippen LogP contribution in [0.3, 0.4) is 0 Å². The minimum absolute atomic E-state index is 0.00547. The van der Waals surface area contributed by atoms with Crippen LogP contribution < -0.4 is 0 Å². The van der Waals surface area contributed by atoms with Gasteiger partial charge in [0.15, 0.2) is 0 Å². The van der Waals surface area contributed by atoms with Crippen LogP contribution in [0, 0.1) is 16.7 Å². The Morgan fingerprint density at radius 2 is 2.00 bits per heavy atom. The molecule has 138 valence electrons. The molecule has 4 atom stereocenters. The average Bonchev–Trinajstić information content (AvgIpc) is 3.16. The molecule has 0 unspecified atom stereocenters. The predicted molar refractivity (Wildman–Crippen MR) is 100 cm³/mol. The third kappa shape index (κ3) is 2.02. The number of carbonyl (C=O) groups is 1. The van der Waals surface area contributed by atoms with Crippen molar-refractivity contribution in [1.82, 2.24) is 0 Å². The Bertz CT molecular complexity index is 746. The van der Waals surface area contributed by atoms with E-state index in [0.717, 1.165) is 12.8 Å². The molecule has 1 aliphatic heterocycles. The summed E-state index contributed by atoms with van der Waals surface area (Å²) in [5.74, 6) is 0.0293. The van der Waals surface area contributed by atoms with Crippen LogP contribution >= 0.6 is 0 Å². The molecular formula is C21H27BO4. The minimum Gasteiger partial charge on any atom is -0.466 e. The van der Waals surface area contributed by atoms with Gasteiger partial charge in [-0.2, -0.15) is 0 Å². The van der Waals surface area contributed by atoms with Gasteiger partial charge in [-0.25, -0.2) is 4.79 Å². The summed E-state index contributed by atoms with van der Waals surface area (Å²) in [6.45, 7) is 10.9. The summed E-state index contributed by atoms with van der Waals surface area (Å²) in [7, 11) is 0.899. The molecule has 1 saturated heterocycles. The smallest absolute Gasteiger partial charge is 0.462 e. The number of carbonyl (C=O) groups excluding carboxylic acids is 1. The molecule has 4 rings (SSSR count). The standard InChI is InChI=1S/C21H27BO4/c1-14(18(23)24-5)13-22-25-17-16-11-12-20(4,19(16,2)3)21(17,26-22)15-9-7-6-8-10-15/h6-10,16-17H,1,11-13H2,2-5H3/t16-,17-,20-,21-/m1/s1. The topological polar surface area (TPSA) is 44.8 Å². The Labute approximate surface area is 156 Å². The molecule has 1 heterocycles. The van der Waals surface area contributed by atoms with Gasteiger partial charge in [0.25, 0.3) is 0 Å². The van der Waals surface area contributed by atoms with Gasteiger partial charge < -0.3 is 14.0 Å². The molecule has 0 spiro atoms. The fourth-order valence-electron chi connectivity index (χ4n) is 5.87. The van der Waals surface area contributed by atoms with E-state index in [4.69, 9.17) is 14.0 Å². The van der Waals surface area contributed by atoms with Crippen molar-refractivity contribution in [2.24, 2.45) is 16.7 Å². The van der Waals surface area contributed by atoms with Crippen LogP contribution in [0.5, 0.6) is 0 Å². The van der Waals surface area contributed by atoms with E-state index in [2.05, 4.69) is 51.6 Å². The molecule has 26 heavy (non-hydrogen) atoms. The van der Waals surface area contributed by atoms with E-state index in [0.29, 0.717) is 17.8 Å². The number of rotatable bonds is 4. The molecule has 3 fully saturated rings. The largest absolute Gasteiger partial charge is 0.466 e. The first-order valence-corrected chi connectivity index (χ1v) is 9.43. The molecule has 1 aromatic carbocycles. The van der Waals surface area contributed by atoms with Crippen LogP contribution in [0.1, 0.15) is 39.2 Å². The highest BCUT2D eigenvalue weighted by Crippen LogP contribution is 2.76. The van der Waals surface area contributed by atoms with Crippen LogP contribution in [0.4, 0.5) is 0 Å². The van der Waals surface area contributed by atoms with Gasteiger partial charge >= 0.3 is 13.1 Å². The lowest BCUT2D eigenvalue weighted by molar-refractivity contribution is -0.136. The maximum Gasteiger partial charge on any atom is 0.462 e. The van der Waals surface area contributed by atoms with Crippen molar-refractivity contribution in [2.75, 3.05) is 7.11 Å². The SMILES string of the molecule is C=C(CB1O[C@@H]2[C@H]3CC[C@](C)(C3(C)C)[C@]2(c2ccccc2)O1)C(=O)OC. The quantitative estimate of drug-likeness (QED) is 0.466. The molecule has 3 aliphatic rings. The summed E-state index contributed by atoms with van der Waals surface area (Å²) in [4.78, 5) is 11.8. The van der Waals surface area contributed by atoms with E-state index in [9.17, 15) is 4.79 Å².